The Morgan fingerprint density at radius 2 is 1.85 bits per heavy atom. The topological polar surface area (TPSA) is 98.7 Å². The molecule has 0 atom stereocenters. The van der Waals surface area contributed by atoms with Crippen LogP contribution in [-0.2, 0) is 22.4 Å². The average molecular weight is 493 g/mol. The maximum atomic E-state index is 12.4. The van der Waals surface area contributed by atoms with Gasteiger partial charge in [-0.2, -0.15) is 0 Å². The van der Waals surface area contributed by atoms with Crippen LogP contribution >= 0.6 is 23.1 Å². The van der Waals surface area contributed by atoms with Gasteiger partial charge in [-0.25, -0.2) is 9.66 Å². The molecular weight excluding hydrogens is 464 g/mol. The van der Waals surface area contributed by atoms with Crippen LogP contribution < -0.4 is 11.2 Å². The molecule has 2 heterocycles. The van der Waals surface area contributed by atoms with Crippen LogP contribution in [0.3, 0.4) is 0 Å². The fraction of sp³-hybridized carbons (Fsp3) is 0.280. The van der Waals surface area contributed by atoms with E-state index in [0.717, 1.165) is 27.5 Å². The Balaban J connectivity index is 1.35. The van der Waals surface area contributed by atoms with Gasteiger partial charge in [-0.3, -0.25) is 4.79 Å². The summed E-state index contributed by atoms with van der Waals surface area (Å²) >= 11 is 2.95. The number of benzene rings is 2. The molecule has 34 heavy (non-hydrogen) atoms. The molecular formula is C25H28N6OS2. The highest BCUT2D eigenvalue weighted by Gasteiger charge is 2.17. The number of nitrogens with one attached hydrogen (secondary N) is 1. The lowest BCUT2D eigenvalue weighted by atomic mass is 9.87. The van der Waals surface area contributed by atoms with Gasteiger partial charge < -0.3 is 11.2 Å². The molecule has 3 N–H and O–H groups in total. The number of carbonyl (C=O) groups is 1. The molecule has 9 heteroatoms. The SMILES string of the molecule is Cc1ccccc1NC(=O)Cc1nc(CSc2nnc(-c3ccc(C(C)(C)C)cc3)n2N)cs1. The number of nitrogens with two attached hydrogens (primary N) is 1. The summed E-state index contributed by atoms with van der Waals surface area (Å²) in [7, 11) is 0. The maximum Gasteiger partial charge on any atom is 0.231 e. The van der Waals surface area contributed by atoms with Gasteiger partial charge in [0.05, 0.1) is 12.1 Å². The number of thioether (sulfide) groups is 1. The van der Waals surface area contributed by atoms with Gasteiger partial charge in [-0.05, 0) is 29.5 Å². The molecule has 0 saturated carbocycles. The largest absolute Gasteiger partial charge is 0.335 e. The highest BCUT2D eigenvalue weighted by molar-refractivity contribution is 7.98. The van der Waals surface area contributed by atoms with Gasteiger partial charge in [-0.1, -0.05) is 75.0 Å². The summed E-state index contributed by atoms with van der Waals surface area (Å²) in [6.07, 6.45) is 0.242. The first-order valence-corrected chi connectivity index (χ1v) is 12.8. The second-order valence-corrected chi connectivity index (χ2v) is 10.9. The lowest BCUT2D eigenvalue weighted by Gasteiger charge is -2.19. The van der Waals surface area contributed by atoms with E-state index >= 15 is 0 Å². The van der Waals surface area contributed by atoms with E-state index in [0.29, 0.717) is 16.7 Å². The minimum Gasteiger partial charge on any atom is -0.335 e. The van der Waals surface area contributed by atoms with E-state index < -0.39 is 0 Å². The van der Waals surface area contributed by atoms with Crippen molar-refractivity contribution in [1.82, 2.24) is 19.9 Å². The van der Waals surface area contributed by atoms with Crippen molar-refractivity contribution in [3.63, 3.8) is 0 Å². The third kappa shape index (κ3) is 5.66. The molecule has 0 radical (unpaired) electrons. The molecule has 2 aromatic carbocycles. The number of aromatic nitrogens is 4. The molecule has 0 aliphatic rings. The highest BCUT2D eigenvalue weighted by atomic mass is 32.2. The van der Waals surface area contributed by atoms with Crippen molar-refractivity contribution in [2.75, 3.05) is 11.2 Å². The van der Waals surface area contributed by atoms with Crippen molar-refractivity contribution in [3.8, 4) is 11.4 Å². The zero-order chi connectivity index (χ0) is 24.3. The molecule has 2 aromatic heterocycles. The number of nitrogens with zero attached hydrogens (tertiary/aromatic N) is 4. The van der Waals surface area contributed by atoms with Crippen molar-refractivity contribution in [1.29, 1.82) is 0 Å². The summed E-state index contributed by atoms with van der Waals surface area (Å²) in [5.74, 6) is 7.41. The summed E-state index contributed by atoms with van der Waals surface area (Å²) in [5, 5.41) is 14.8. The molecule has 4 rings (SSSR count). The van der Waals surface area contributed by atoms with Gasteiger partial charge in [0, 0.05) is 22.4 Å². The quantitative estimate of drug-likeness (QED) is 0.272. The number of para-hydroxylation sites is 1. The summed E-state index contributed by atoms with van der Waals surface area (Å²) in [5.41, 5.74) is 5.00. The van der Waals surface area contributed by atoms with Crippen LogP contribution in [0.4, 0.5) is 5.69 Å². The summed E-state index contributed by atoms with van der Waals surface area (Å²) in [6, 6.07) is 16.0. The highest BCUT2D eigenvalue weighted by Crippen LogP contribution is 2.28. The smallest absolute Gasteiger partial charge is 0.231 e. The third-order valence-electron chi connectivity index (χ3n) is 5.35. The van der Waals surface area contributed by atoms with Crippen LogP contribution in [0.15, 0.2) is 59.1 Å². The summed E-state index contributed by atoms with van der Waals surface area (Å²) in [4.78, 5) is 17.0. The number of hydrogen-bond acceptors (Lipinski definition) is 7. The average Bonchev–Trinajstić information content (AvgIpc) is 3.39. The van der Waals surface area contributed by atoms with Crippen LogP contribution in [0.1, 0.15) is 42.6 Å². The van der Waals surface area contributed by atoms with E-state index in [1.165, 1.54) is 33.3 Å². The van der Waals surface area contributed by atoms with E-state index in [9.17, 15) is 4.79 Å². The van der Waals surface area contributed by atoms with Crippen LogP contribution in [0, 0.1) is 6.92 Å². The summed E-state index contributed by atoms with van der Waals surface area (Å²) in [6.45, 7) is 8.52. The predicted octanol–water partition coefficient (Wildman–Crippen LogP) is 5.19. The number of carbonyl (C=O) groups excluding carboxylic acids is 1. The molecule has 176 valence electrons. The number of rotatable bonds is 7. The lowest BCUT2D eigenvalue weighted by molar-refractivity contribution is -0.115. The molecule has 0 spiro atoms. The molecule has 0 saturated heterocycles. The number of nitrogen functional groups attached to an aromatic ring is 1. The maximum absolute atomic E-state index is 12.4. The van der Waals surface area contributed by atoms with Crippen LogP contribution in [-0.4, -0.2) is 25.8 Å². The van der Waals surface area contributed by atoms with Crippen molar-refractivity contribution in [2.24, 2.45) is 0 Å². The number of aryl methyl sites for hydroxylation is 1. The van der Waals surface area contributed by atoms with Crippen LogP contribution in [0.2, 0.25) is 0 Å². The van der Waals surface area contributed by atoms with Crippen molar-refractivity contribution < 1.29 is 4.79 Å². The lowest BCUT2D eigenvalue weighted by Crippen LogP contribution is -2.15. The standard InChI is InChI=1S/C25H28N6OS2/c1-16-7-5-6-8-20(16)28-21(32)13-22-27-19(14-33-22)15-34-24-30-29-23(31(24)26)17-9-11-18(12-10-17)25(2,3)4/h5-12,14H,13,15,26H2,1-4H3,(H,28,32). The Kier molecular flexibility index (Phi) is 7.04. The monoisotopic (exact) mass is 492 g/mol. The second-order valence-electron chi connectivity index (χ2n) is 9.06. The molecule has 0 aliphatic heterocycles. The van der Waals surface area contributed by atoms with Gasteiger partial charge in [0.2, 0.25) is 11.1 Å². The Morgan fingerprint density at radius 1 is 1.12 bits per heavy atom. The van der Waals surface area contributed by atoms with E-state index in [2.05, 4.69) is 53.4 Å². The van der Waals surface area contributed by atoms with E-state index in [-0.39, 0.29) is 17.7 Å². The van der Waals surface area contributed by atoms with Gasteiger partial charge in [-0.15, -0.1) is 21.5 Å². The second kappa shape index (κ2) is 9.99. The molecule has 0 aliphatic carbocycles. The molecule has 1 amide bonds. The van der Waals surface area contributed by atoms with Crippen molar-refractivity contribution in [2.45, 2.75) is 50.4 Å². The van der Waals surface area contributed by atoms with E-state index in [1.807, 2.05) is 48.7 Å². The zero-order valence-electron chi connectivity index (χ0n) is 19.7. The molecule has 0 unspecified atom stereocenters. The number of thiazole rings is 1. The normalized spacial score (nSPS) is 11.5. The number of amides is 1. The van der Waals surface area contributed by atoms with Crippen molar-refractivity contribution in [3.05, 3.63) is 75.7 Å². The molecule has 4 aromatic rings. The van der Waals surface area contributed by atoms with Gasteiger partial charge in [0.25, 0.3) is 0 Å². The van der Waals surface area contributed by atoms with Crippen LogP contribution in [0.25, 0.3) is 11.4 Å². The van der Waals surface area contributed by atoms with Crippen molar-refractivity contribution >= 4 is 34.7 Å². The predicted molar refractivity (Wildman–Crippen MR) is 139 cm³/mol. The number of anilines is 1. The van der Waals surface area contributed by atoms with Gasteiger partial charge >= 0.3 is 0 Å². The first-order valence-electron chi connectivity index (χ1n) is 10.9. The van der Waals surface area contributed by atoms with E-state index in [4.69, 9.17) is 5.84 Å². The summed E-state index contributed by atoms with van der Waals surface area (Å²) < 4.78 is 1.51. The Morgan fingerprint density at radius 3 is 2.56 bits per heavy atom. The first-order chi connectivity index (χ1) is 16.2. The van der Waals surface area contributed by atoms with E-state index in [1.54, 1.807) is 0 Å². The number of hydrogen-bond donors (Lipinski definition) is 2. The molecule has 0 bridgehead atoms. The fourth-order valence-corrected chi connectivity index (χ4v) is 5.02. The van der Waals surface area contributed by atoms with Gasteiger partial charge in [0.15, 0.2) is 5.82 Å². The Labute approximate surface area is 207 Å². The third-order valence-corrected chi connectivity index (χ3v) is 7.23. The molecule has 7 nitrogen and oxygen atoms in total. The molecule has 0 fully saturated rings. The fourth-order valence-electron chi connectivity index (χ4n) is 3.37. The minimum atomic E-state index is -0.0772. The zero-order valence-corrected chi connectivity index (χ0v) is 21.3. The Bertz CT molecular complexity index is 1290. The van der Waals surface area contributed by atoms with Gasteiger partial charge in [0.1, 0.15) is 5.01 Å². The first kappa shape index (κ1) is 24.0. The van der Waals surface area contributed by atoms with Crippen LogP contribution in [0.5, 0.6) is 0 Å². The minimum absolute atomic E-state index is 0.0772. The Hall–Kier alpha value is -3.17.